The zero-order chi connectivity index (χ0) is 42.2. The van der Waals surface area contributed by atoms with E-state index in [0.717, 1.165) is 95.2 Å². The van der Waals surface area contributed by atoms with Crippen LogP contribution in [0.1, 0.15) is 22.3 Å². The Morgan fingerprint density at radius 2 is 0.922 bits per heavy atom. The van der Waals surface area contributed by atoms with Gasteiger partial charge in [-0.25, -0.2) is 9.97 Å². The van der Waals surface area contributed by atoms with Crippen LogP contribution in [0.4, 0.5) is 0 Å². The Morgan fingerprint density at radius 1 is 0.359 bits per heavy atom. The molecule has 1 spiro atoms. The monoisotopic (exact) mass is 816 g/mol. The molecule has 0 saturated carbocycles. The molecular formula is C59H36N4O. The van der Waals surface area contributed by atoms with Crippen LogP contribution in [0.2, 0.25) is 0 Å². The molecular weight excluding hydrogens is 781 g/mol. The van der Waals surface area contributed by atoms with Gasteiger partial charge in [-0.3, -0.25) is 9.97 Å². The van der Waals surface area contributed by atoms with Gasteiger partial charge in [-0.15, -0.1) is 0 Å². The van der Waals surface area contributed by atoms with Crippen molar-refractivity contribution in [1.82, 2.24) is 19.9 Å². The van der Waals surface area contributed by atoms with Crippen LogP contribution in [0.25, 0.3) is 89.1 Å². The van der Waals surface area contributed by atoms with Gasteiger partial charge in [-0.05, 0) is 99.1 Å². The van der Waals surface area contributed by atoms with E-state index in [1.54, 1.807) is 12.4 Å². The molecule has 13 rings (SSSR count). The highest BCUT2D eigenvalue weighted by Crippen LogP contribution is 2.63. The average Bonchev–Trinajstić information content (AvgIpc) is 3.67. The van der Waals surface area contributed by atoms with E-state index in [1.807, 2.05) is 36.4 Å². The Balaban J connectivity index is 1.00. The minimum atomic E-state index is -0.568. The Kier molecular flexibility index (Phi) is 8.06. The first-order chi connectivity index (χ1) is 31.7. The fourth-order valence-corrected chi connectivity index (χ4v) is 10.3. The predicted molar refractivity (Wildman–Crippen MR) is 257 cm³/mol. The van der Waals surface area contributed by atoms with E-state index < -0.39 is 5.41 Å². The van der Waals surface area contributed by atoms with Gasteiger partial charge >= 0.3 is 0 Å². The summed E-state index contributed by atoms with van der Waals surface area (Å²) in [5.41, 5.74) is 17.3. The molecule has 0 amide bonds. The fraction of sp³-hybridized carbons (Fsp3) is 0.0169. The molecule has 64 heavy (non-hydrogen) atoms. The molecule has 0 N–H and O–H groups in total. The van der Waals surface area contributed by atoms with Crippen molar-refractivity contribution in [2.24, 2.45) is 0 Å². The minimum Gasteiger partial charge on any atom is -0.457 e. The summed E-state index contributed by atoms with van der Waals surface area (Å²) < 4.78 is 6.65. The molecule has 5 nitrogen and oxygen atoms in total. The zero-order valence-electron chi connectivity index (χ0n) is 34.5. The van der Waals surface area contributed by atoms with Gasteiger partial charge in [-0.1, -0.05) is 152 Å². The van der Waals surface area contributed by atoms with E-state index in [-0.39, 0.29) is 0 Å². The predicted octanol–water partition coefficient (Wildman–Crippen LogP) is 14.4. The van der Waals surface area contributed by atoms with Crippen molar-refractivity contribution >= 4 is 21.7 Å². The van der Waals surface area contributed by atoms with Crippen molar-refractivity contribution in [2.75, 3.05) is 0 Å². The van der Waals surface area contributed by atoms with Gasteiger partial charge < -0.3 is 4.74 Å². The lowest BCUT2D eigenvalue weighted by Gasteiger charge is -2.39. The molecule has 7 aromatic carbocycles. The number of nitrogens with zero attached hydrogens (tertiary/aromatic N) is 4. The highest BCUT2D eigenvalue weighted by molar-refractivity contribution is 6.20. The van der Waals surface area contributed by atoms with Gasteiger partial charge in [0.15, 0.2) is 0 Å². The van der Waals surface area contributed by atoms with Crippen LogP contribution in [-0.4, -0.2) is 19.9 Å². The number of ether oxygens (including phenoxy) is 1. The summed E-state index contributed by atoms with van der Waals surface area (Å²) in [6.07, 6.45) is 3.60. The first-order valence-corrected chi connectivity index (χ1v) is 21.6. The number of hydrogen-bond acceptors (Lipinski definition) is 5. The number of hydrogen-bond donors (Lipinski definition) is 0. The number of pyridine rings is 4. The van der Waals surface area contributed by atoms with E-state index in [4.69, 9.17) is 14.7 Å². The van der Waals surface area contributed by atoms with Crippen molar-refractivity contribution in [3.05, 3.63) is 241 Å². The van der Waals surface area contributed by atoms with Gasteiger partial charge in [0.05, 0.1) is 39.4 Å². The maximum Gasteiger partial charge on any atom is 0.132 e. The van der Waals surface area contributed by atoms with Crippen molar-refractivity contribution < 1.29 is 4.74 Å². The molecule has 0 unspecified atom stereocenters. The Labute approximate surface area is 370 Å². The summed E-state index contributed by atoms with van der Waals surface area (Å²) in [4.78, 5) is 19.7. The molecule has 1 aliphatic heterocycles. The van der Waals surface area contributed by atoms with Gasteiger partial charge in [0.1, 0.15) is 11.5 Å². The van der Waals surface area contributed by atoms with Crippen LogP contribution in [0.5, 0.6) is 11.5 Å². The SMILES string of the molecule is c1ccc(-c2nc3cc(-c4ccc(-c5cc(-c6ccccn6)nc(-c6ccccn6)c5)cc4)ccc3c3c4c(ccc23)C2(c3ccccc3Oc3ccccc32)c2ccccc2-4)cc1. The van der Waals surface area contributed by atoms with Crippen LogP contribution in [-0.2, 0) is 5.41 Å². The second-order valence-corrected chi connectivity index (χ2v) is 16.5. The molecule has 5 heterocycles. The number of aromatic nitrogens is 4. The first kappa shape index (κ1) is 36.1. The molecule has 1 aliphatic carbocycles. The zero-order valence-corrected chi connectivity index (χ0v) is 34.5. The molecule has 0 bridgehead atoms. The van der Waals surface area contributed by atoms with E-state index in [1.165, 1.54) is 27.6 Å². The number of benzene rings is 7. The summed E-state index contributed by atoms with van der Waals surface area (Å²) >= 11 is 0. The van der Waals surface area contributed by atoms with Crippen molar-refractivity contribution in [3.8, 4) is 78.9 Å². The molecule has 11 aromatic rings. The van der Waals surface area contributed by atoms with Crippen LogP contribution in [0.15, 0.2) is 219 Å². The molecule has 4 aromatic heterocycles. The molecule has 2 aliphatic rings. The number of rotatable bonds is 5. The summed E-state index contributed by atoms with van der Waals surface area (Å²) in [6.45, 7) is 0. The summed E-state index contributed by atoms with van der Waals surface area (Å²) in [7, 11) is 0. The molecule has 0 saturated heterocycles. The quantitative estimate of drug-likeness (QED) is 0.162. The summed E-state index contributed by atoms with van der Waals surface area (Å²) in [5.74, 6) is 1.77. The van der Waals surface area contributed by atoms with Crippen LogP contribution in [0, 0.1) is 0 Å². The maximum absolute atomic E-state index is 6.65. The van der Waals surface area contributed by atoms with Gasteiger partial charge in [0, 0.05) is 45.2 Å². The highest BCUT2D eigenvalue weighted by Gasteiger charge is 2.51. The Bertz CT molecular complexity index is 3520. The lowest BCUT2D eigenvalue weighted by Crippen LogP contribution is -2.32. The third kappa shape index (κ3) is 5.44. The largest absolute Gasteiger partial charge is 0.457 e. The normalized spacial score (nSPS) is 12.9. The van der Waals surface area contributed by atoms with Gasteiger partial charge in [0.2, 0.25) is 0 Å². The molecule has 0 fully saturated rings. The highest BCUT2D eigenvalue weighted by atomic mass is 16.5. The Morgan fingerprint density at radius 3 is 1.58 bits per heavy atom. The fourth-order valence-electron chi connectivity index (χ4n) is 10.3. The second kappa shape index (κ2) is 14.3. The van der Waals surface area contributed by atoms with Crippen molar-refractivity contribution in [3.63, 3.8) is 0 Å². The summed E-state index contributed by atoms with van der Waals surface area (Å²) in [6, 6.07) is 72.9. The van der Waals surface area contributed by atoms with Crippen molar-refractivity contribution in [1.29, 1.82) is 0 Å². The van der Waals surface area contributed by atoms with E-state index in [2.05, 4.69) is 180 Å². The number of para-hydroxylation sites is 2. The average molecular weight is 817 g/mol. The van der Waals surface area contributed by atoms with Gasteiger partial charge in [-0.2, -0.15) is 0 Å². The Hall–Kier alpha value is -8.54. The van der Waals surface area contributed by atoms with Crippen LogP contribution in [0.3, 0.4) is 0 Å². The summed E-state index contributed by atoms with van der Waals surface area (Å²) in [5, 5.41) is 3.45. The topological polar surface area (TPSA) is 60.8 Å². The standard InChI is InChI=1S/C59H36N4O/c1-2-14-39(15-3-1)58-44-30-31-48-57(42-16-4-5-17-45(42)59(48)46-18-6-8-22-54(46)64-55-23-9-7-19-47(55)59)56(44)43-29-28-40(34-51(43)63-58)37-24-26-38(27-25-37)41-35-52(49-20-10-12-32-60-49)62-53(36-41)50-21-11-13-33-61-50/h1-36H. The second-order valence-electron chi connectivity index (χ2n) is 16.5. The van der Waals surface area contributed by atoms with Crippen LogP contribution < -0.4 is 4.74 Å². The van der Waals surface area contributed by atoms with E-state index in [9.17, 15) is 0 Å². The molecule has 5 heteroatoms. The van der Waals surface area contributed by atoms with Crippen LogP contribution >= 0.6 is 0 Å². The van der Waals surface area contributed by atoms with Gasteiger partial charge in [0.25, 0.3) is 0 Å². The third-order valence-electron chi connectivity index (χ3n) is 13.0. The van der Waals surface area contributed by atoms with E-state index in [0.29, 0.717) is 0 Å². The van der Waals surface area contributed by atoms with E-state index >= 15 is 0 Å². The first-order valence-electron chi connectivity index (χ1n) is 21.6. The minimum absolute atomic E-state index is 0.568. The maximum atomic E-state index is 6.65. The lowest BCUT2D eigenvalue weighted by molar-refractivity contribution is 0.436. The number of fused-ring (bicyclic) bond motifs is 13. The lowest BCUT2D eigenvalue weighted by atomic mass is 9.66. The molecule has 298 valence electrons. The smallest absolute Gasteiger partial charge is 0.132 e. The third-order valence-corrected chi connectivity index (χ3v) is 13.0. The molecule has 0 atom stereocenters. The molecule has 0 radical (unpaired) electrons. The van der Waals surface area contributed by atoms with Crippen molar-refractivity contribution in [2.45, 2.75) is 5.41 Å².